The molecular weight excluding hydrogens is 358 g/mol. The SMILES string of the molecule is COC(=O)c1ccc(N2CCN(C(=O)OC(C)(C)C)C(C)(C)C2)nc1Cl. The zero-order valence-electron chi connectivity index (χ0n) is 16.1. The maximum absolute atomic E-state index is 12.5. The summed E-state index contributed by atoms with van der Waals surface area (Å²) >= 11 is 6.12. The third kappa shape index (κ3) is 4.58. The molecule has 0 aromatic carbocycles. The van der Waals surface area contributed by atoms with Gasteiger partial charge >= 0.3 is 12.1 Å². The number of amides is 1. The number of ether oxygens (including phenoxy) is 2. The number of carbonyl (C=O) groups is 2. The molecule has 144 valence electrons. The number of esters is 1. The Hall–Kier alpha value is -2.02. The molecule has 1 aliphatic heterocycles. The van der Waals surface area contributed by atoms with Gasteiger partial charge in [-0.1, -0.05) is 11.6 Å². The van der Waals surface area contributed by atoms with Crippen LogP contribution in [0, 0.1) is 0 Å². The number of rotatable bonds is 2. The number of nitrogens with zero attached hydrogens (tertiary/aromatic N) is 3. The minimum Gasteiger partial charge on any atom is -0.465 e. The van der Waals surface area contributed by atoms with E-state index in [9.17, 15) is 9.59 Å². The highest BCUT2D eigenvalue weighted by atomic mass is 35.5. The van der Waals surface area contributed by atoms with E-state index in [2.05, 4.69) is 9.72 Å². The molecule has 7 nitrogen and oxygen atoms in total. The van der Waals surface area contributed by atoms with Gasteiger partial charge in [0.25, 0.3) is 0 Å². The van der Waals surface area contributed by atoms with E-state index in [-0.39, 0.29) is 16.8 Å². The summed E-state index contributed by atoms with van der Waals surface area (Å²) in [6.07, 6.45) is -0.325. The number of halogens is 1. The molecule has 1 aliphatic rings. The Labute approximate surface area is 159 Å². The summed E-state index contributed by atoms with van der Waals surface area (Å²) < 4.78 is 10.2. The van der Waals surface area contributed by atoms with E-state index >= 15 is 0 Å². The molecule has 8 heteroatoms. The number of pyridine rings is 1. The van der Waals surface area contributed by atoms with Crippen molar-refractivity contribution in [1.82, 2.24) is 9.88 Å². The van der Waals surface area contributed by atoms with E-state index in [1.54, 1.807) is 17.0 Å². The molecule has 0 atom stereocenters. The van der Waals surface area contributed by atoms with E-state index in [1.165, 1.54) is 7.11 Å². The smallest absolute Gasteiger partial charge is 0.410 e. The fourth-order valence-corrected chi connectivity index (χ4v) is 3.10. The lowest BCUT2D eigenvalue weighted by atomic mass is 9.99. The molecule has 1 fully saturated rings. The largest absolute Gasteiger partial charge is 0.465 e. The Morgan fingerprint density at radius 1 is 1.23 bits per heavy atom. The van der Waals surface area contributed by atoms with Gasteiger partial charge in [0.15, 0.2) is 0 Å². The van der Waals surface area contributed by atoms with Gasteiger partial charge in [-0.05, 0) is 46.8 Å². The summed E-state index contributed by atoms with van der Waals surface area (Å²) in [6, 6.07) is 3.33. The predicted molar refractivity (Wildman–Crippen MR) is 99.8 cm³/mol. The van der Waals surface area contributed by atoms with Gasteiger partial charge in [0, 0.05) is 19.6 Å². The molecule has 1 aromatic rings. The lowest BCUT2D eigenvalue weighted by Gasteiger charge is -2.47. The van der Waals surface area contributed by atoms with E-state index in [0.717, 1.165) is 0 Å². The van der Waals surface area contributed by atoms with Crippen molar-refractivity contribution in [2.75, 3.05) is 31.6 Å². The molecule has 1 saturated heterocycles. The van der Waals surface area contributed by atoms with E-state index < -0.39 is 17.1 Å². The van der Waals surface area contributed by atoms with Crippen LogP contribution in [0.4, 0.5) is 10.6 Å². The van der Waals surface area contributed by atoms with Crippen LogP contribution in [0.5, 0.6) is 0 Å². The van der Waals surface area contributed by atoms with Gasteiger partial charge < -0.3 is 14.4 Å². The van der Waals surface area contributed by atoms with Crippen LogP contribution in [0.15, 0.2) is 12.1 Å². The number of anilines is 1. The quantitative estimate of drug-likeness (QED) is 0.576. The van der Waals surface area contributed by atoms with E-state index in [4.69, 9.17) is 16.3 Å². The number of methoxy groups -OCH3 is 1. The van der Waals surface area contributed by atoms with Crippen LogP contribution in [-0.4, -0.2) is 59.8 Å². The van der Waals surface area contributed by atoms with Gasteiger partial charge in [0.05, 0.1) is 18.2 Å². The van der Waals surface area contributed by atoms with Gasteiger partial charge in [0.2, 0.25) is 0 Å². The number of hydrogen-bond acceptors (Lipinski definition) is 6. The average Bonchev–Trinajstić information content (AvgIpc) is 2.51. The van der Waals surface area contributed by atoms with Crippen molar-refractivity contribution in [2.45, 2.75) is 45.8 Å². The second-order valence-corrected chi connectivity index (χ2v) is 8.22. The lowest BCUT2D eigenvalue weighted by molar-refractivity contribution is 0.000288. The molecule has 0 unspecified atom stereocenters. The molecule has 1 aromatic heterocycles. The maximum atomic E-state index is 12.5. The van der Waals surface area contributed by atoms with Crippen molar-refractivity contribution < 1.29 is 19.1 Å². The van der Waals surface area contributed by atoms with Crippen molar-refractivity contribution in [3.8, 4) is 0 Å². The Bertz CT molecular complexity index is 700. The minimum atomic E-state index is -0.539. The maximum Gasteiger partial charge on any atom is 0.410 e. The van der Waals surface area contributed by atoms with Gasteiger partial charge in [-0.25, -0.2) is 14.6 Å². The zero-order valence-corrected chi connectivity index (χ0v) is 16.9. The molecule has 0 N–H and O–H groups in total. The second-order valence-electron chi connectivity index (χ2n) is 7.87. The summed E-state index contributed by atoms with van der Waals surface area (Å²) in [5.74, 6) is 0.128. The van der Waals surface area contributed by atoms with Crippen molar-refractivity contribution in [1.29, 1.82) is 0 Å². The summed E-state index contributed by atoms with van der Waals surface area (Å²) in [6.45, 7) is 11.2. The second kappa shape index (κ2) is 7.31. The lowest BCUT2D eigenvalue weighted by Crippen LogP contribution is -2.62. The number of carbonyl (C=O) groups excluding carboxylic acids is 2. The summed E-state index contributed by atoms with van der Waals surface area (Å²) in [4.78, 5) is 32.2. The molecule has 0 aliphatic carbocycles. The summed E-state index contributed by atoms with van der Waals surface area (Å²) in [7, 11) is 1.30. The Morgan fingerprint density at radius 2 is 1.88 bits per heavy atom. The fourth-order valence-electron chi connectivity index (χ4n) is 2.87. The first-order chi connectivity index (χ1) is 11.9. The molecule has 1 amide bonds. The Morgan fingerprint density at radius 3 is 2.38 bits per heavy atom. The molecule has 26 heavy (non-hydrogen) atoms. The molecule has 2 heterocycles. The normalized spacial score (nSPS) is 17.0. The first-order valence-corrected chi connectivity index (χ1v) is 8.83. The standard InChI is InChI=1S/C18H26ClN3O4/c1-17(2,3)26-16(24)22-10-9-21(11-18(22,4)5)13-8-7-12(14(19)20-13)15(23)25-6/h7-8H,9-11H2,1-6H3. The molecule has 2 rings (SSSR count). The first kappa shape index (κ1) is 20.3. The van der Waals surface area contributed by atoms with Crippen molar-refractivity contribution in [3.05, 3.63) is 22.8 Å². The zero-order chi connectivity index (χ0) is 19.7. The molecule has 0 bridgehead atoms. The van der Waals surface area contributed by atoms with Gasteiger partial charge in [-0.15, -0.1) is 0 Å². The molecule has 0 saturated carbocycles. The highest BCUT2D eigenvalue weighted by Crippen LogP contribution is 2.28. The van der Waals surface area contributed by atoms with Gasteiger partial charge in [0.1, 0.15) is 16.6 Å². The van der Waals surface area contributed by atoms with Gasteiger partial charge in [-0.2, -0.15) is 0 Å². The Kier molecular flexibility index (Phi) is 5.70. The van der Waals surface area contributed by atoms with Gasteiger partial charge in [-0.3, -0.25) is 4.90 Å². The third-order valence-electron chi connectivity index (χ3n) is 4.08. The fraction of sp³-hybridized carbons (Fsp3) is 0.611. The van der Waals surface area contributed by atoms with Crippen LogP contribution < -0.4 is 4.90 Å². The van der Waals surface area contributed by atoms with Crippen molar-refractivity contribution in [2.24, 2.45) is 0 Å². The number of piperazine rings is 1. The van der Waals surface area contributed by atoms with E-state index in [1.807, 2.05) is 39.5 Å². The van der Waals surface area contributed by atoms with Crippen molar-refractivity contribution in [3.63, 3.8) is 0 Å². The highest BCUT2D eigenvalue weighted by Gasteiger charge is 2.39. The molecule has 0 radical (unpaired) electrons. The van der Waals surface area contributed by atoms with Crippen LogP contribution >= 0.6 is 11.6 Å². The molecular formula is C18H26ClN3O4. The van der Waals surface area contributed by atoms with Crippen LogP contribution in [0.25, 0.3) is 0 Å². The van der Waals surface area contributed by atoms with Crippen LogP contribution in [0.2, 0.25) is 5.15 Å². The third-order valence-corrected chi connectivity index (χ3v) is 4.37. The molecule has 0 spiro atoms. The Balaban J connectivity index is 2.15. The van der Waals surface area contributed by atoms with Crippen LogP contribution in [-0.2, 0) is 9.47 Å². The van der Waals surface area contributed by atoms with Crippen molar-refractivity contribution >= 4 is 29.5 Å². The van der Waals surface area contributed by atoms with Crippen LogP contribution in [0.1, 0.15) is 45.0 Å². The van der Waals surface area contributed by atoms with Crippen LogP contribution in [0.3, 0.4) is 0 Å². The van der Waals surface area contributed by atoms with E-state index in [0.29, 0.717) is 25.5 Å². The number of hydrogen-bond donors (Lipinski definition) is 0. The highest BCUT2D eigenvalue weighted by molar-refractivity contribution is 6.32. The number of aromatic nitrogens is 1. The first-order valence-electron chi connectivity index (χ1n) is 8.45. The topological polar surface area (TPSA) is 72.0 Å². The monoisotopic (exact) mass is 383 g/mol. The predicted octanol–water partition coefficient (Wildman–Crippen LogP) is 3.36. The summed E-state index contributed by atoms with van der Waals surface area (Å²) in [5, 5.41) is 0.0988. The summed E-state index contributed by atoms with van der Waals surface area (Å²) in [5.41, 5.74) is -0.761. The average molecular weight is 384 g/mol. The minimum absolute atomic E-state index is 0.0988.